The summed E-state index contributed by atoms with van der Waals surface area (Å²) in [7, 11) is -4.18. The fourth-order valence-electron chi connectivity index (χ4n) is 1.86. The molecular formula is C14H15N3O5S. The molecule has 23 heavy (non-hydrogen) atoms. The van der Waals surface area contributed by atoms with Gasteiger partial charge in [0.1, 0.15) is 11.0 Å². The summed E-state index contributed by atoms with van der Waals surface area (Å²) in [6.45, 7) is 3.14. The van der Waals surface area contributed by atoms with E-state index in [0.29, 0.717) is 26.3 Å². The lowest BCUT2D eigenvalue weighted by Crippen LogP contribution is -2.43. The van der Waals surface area contributed by atoms with Crippen molar-refractivity contribution in [3.05, 3.63) is 29.8 Å². The van der Waals surface area contributed by atoms with Gasteiger partial charge in [-0.05, 0) is 24.2 Å². The highest BCUT2D eigenvalue weighted by atomic mass is 32.2. The Labute approximate surface area is 134 Å². The second-order valence-electron chi connectivity index (χ2n) is 4.80. The Hall–Kier alpha value is -2.44. The average molecular weight is 337 g/mol. The van der Waals surface area contributed by atoms with Crippen LogP contribution in [0.15, 0.2) is 34.3 Å². The monoisotopic (exact) mass is 337 g/mol. The van der Waals surface area contributed by atoms with Crippen LogP contribution in [-0.2, 0) is 23.9 Å². The summed E-state index contributed by atoms with van der Waals surface area (Å²) in [4.78, 5) is 13.3. The zero-order chi connectivity index (χ0) is 16.9. The van der Waals surface area contributed by atoms with Crippen molar-refractivity contribution in [2.75, 3.05) is 26.3 Å². The normalized spacial score (nSPS) is 15.8. The molecule has 0 spiro atoms. The first-order chi connectivity index (χ1) is 10.9. The van der Waals surface area contributed by atoms with Crippen molar-refractivity contribution in [2.24, 2.45) is 5.16 Å². The number of carbonyl (C=O) groups excluding carboxylic acids is 1. The molecule has 2 rings (SSSR count). The zero-order valence-corrected chi connectivity index (χ0v) is 13.2. The van der Waals surface area contributed by atoms with Crippen molar-refractivity contribution in [1.82, 2.24) is 4.90 Å². The molecular weight excluding hydrogens is 322 g/mol. The first-order valence-corrected chi connectivity index (χ1v) is 8.20. The highest BCUT2D eigenvalue weighted by Crippen LogP contribution is 2.13. The van der Waals surface area contributed by atoms with E-state index in [1.54, 1.807) is 18.2 Å². The molecule has 1 aliphatic rings. The lowest BCUT2D eigenvalue weighted by atomic mass is 10.2. The van der Waals surface area contributed by atoms with E-state index in [0.717, 1.165) is 5.56 Å². The maximum Gasteiger partial charge on any atom is 0.358 e. The number of nitriles is 1. The number of amides is 1. The van der Waals surface area contributed by atoms with Crippen LogP contribution in [0.25, 0.3) is 0 Å². The number of oxime groups is 1. The molecule has 0 N–H and O–H groups in total. The molecule has 1 aromatic rings. The summed E-state index contributed by atoms with van der Waals surface area (Å²) in [5, 5.41) is 12.2. The Morgan fingerprint density at radius 3 is 2.48 bits per heavy atom. The van der Waals surface area contributed by atoms with Crippen molar-refractivity contribution >= 4 is 21.7 Å². The van der Waals surface area contributed by atoms with Gasteiger partial charge in [-0.1, -0.05) is 17.7 Å². The predicted molar refractivity (Wildman–Crippen MR) is 79.9 cm³/mol. The van der Waals surface area contributed by atoms with Crippen molar-refractivity contribution < 1.29 is 22.2 Å². The van der Waals surface area contributed by atoms with Gasteiger partial charge >= 0.3 is 10.1 Å². The van der Waals surface area contributed by atoms with Crippen molar-refractivity contribution in [1.29, 1.82) is 5.26 Å². The first-order valence-electron chi connectivity index (χ1n) is 6.79. The van der Waals surface area contributed by atoms with Crippen molar-refractivity contribution in [3.8, 4) is 6.07 Å². The predicted octanol–water partition coefficient (Wildman–Crippen LogP) is 0.439. The van der Waals surface area contributed by atoms with Gasteiger partial charge < -0.3 is 9.64 Å². The average Bonchev–Trinajstić information content (AvgIpc) is 2.56. The molecule has 1 aromatic carbocycles. The Morgan fingerprint density at radius 1 is 1.30 bits per heavy atom. The number of rotatable bonds is 4. The minimum absolute atomic E-state index is 0.108. The number of carbonyl (C=O) groups is 1. The molecule has 0 aromatic heterocycles. The number of ether oxygens (including phenoxy) is 1. The summed E-state index contributed by atoms with van der Waals surface area (Å²) in [6, 6.07) is 7.48. The Bertz CT molecular complexity index is 744. The van der Waals surface area contributed by atoms with Crippen LogP contribution in [0.4, 0.5) is 0 Å². The van der Waals surface area contributed by atoms with E-state index >= 15 is 0 Å². The van der Waals surface area contributed by atoms with Gasteiger partial charge in [0, 0.05) is 13.1 Å². The second kappa shape index (κ2) is 7.21. The lowest BCUT2D eigenvalue weighted by molar-refractivity contribution is -0.127. The summed E-state index contributed by atoms with van der Waals surface area (Å²) in [5.74, 6) is -0.685. The van der Waals surface area contributed by atoms with E-state index in [-0.39, 0.29) is 4.90 Å². The summed E-state index contributed by atoms with van der Waals surface area (Å²) < 4.78 is 33.5. The third-order valence-electron chi connectivity index (χ3n) is 3.14. The maximum absolute atomic E-state index is 12.1. The summed E-state index contributed by atoms with van der Waals surface area (Å²) >= 11 is 0. The van der Waals surface area contributed by atoms with Crippen LogP contribution >= 0.6 is 0 Å². The molecule has 1 aliphatic heterocycles. The smallest absolute Gasteiger partial charge is 0.358 e. The molecule has 8 nitrogen and oxygen atoms in total. The van der Waals surface area contributed by atoms with Gasteiger partial charge in [0.2, 0.25) is 5.71 Å². The number of benzene rings is 1. The molecule has 1 heterocycles. The van der Waals surface area contributed by atoms with E-state index < -0.39 is 21.7 Å². The van der Waals surface area contributed by atoms with Gasteiger partial charge in [-0.3, -0.25) is 9.08 Å². The van der Waals surface area contributed by atoms with E-state index in [1.165, 1.54) is 17.0 Å². The molecule has 0 radical (unpaired) electrons. The zero-order valence-electron chi connectivity index (χ0n) is 12.4. The third kappa shape index (κ3) is 4.28. The minimum Gasteiger partial charge on any atom is -0.378 e. The van der Waals surface area contributed by atoms with E-state index in [9.17, 15) is 13.2 Å². The van der Waals surface area contributed by atoms with Gasteiger partial charge in [0.25, 0.3) is 5.91 Å². The van der Waals surface area contributed by atoms with Crippen LogP contribution in [0.2, 0.25) is 0 Å². The summed E-state index contributed by atoms with van der Waals surface area (Å²) in [5.41, 5.74) is 0.259. The highest BCUT2D eigenvalue weighted by molar-refractivity contribution is 7.86. The largest absolute Gasteiger partial charge is 0.378 e. The Morgan fingerprint density at radius 2 is 1.91 bits per heavy atom. The van der Waals surface area contributed by atoms with Crippen LogP contribution in [-0.4, -0.2) is 51.2 Å². The van der Waals surface area contributed by atoms with Crippen molar-refractivity contribution in [2.45, 2.75) is 11.8 Å². The molecule has 1 amide bonds. The number of hydrogen-bond acceptors (Lipinski definition) is 7. The van der Waals surface area contributed by atoms with Crippen LogP contribution in [0.1, 0.15) is 5.56 Å². The Kier molecular flexibility index (Phi) is 5.31. The SMILES string of the molecule is Cc1ccc(S(=O)(=O)O/N=C(/C#N)C(=O)N2CCOCC2)cc1. The number of morpholine rings is 1. The molecule has 0 saturated carbocycles. The van der Waals surface area contributed by atoms with E-state index in [1.807, 2.05) is 6.92 Å². The van der Waals surface area contributed by atoms with E-state index in [4.69, 9.17) is 10.00 Å². The third-order valence-corrected chi connectivity index (χ3v) is 4.26. The summed E-state index contributed by atoms with van der Waals surface area (Å²) in [6.07, 6.45) is 0. The first kappa shape index (κ1) is 16.9. The number of aryl methyl sites for hydroxylation is 1. The van der Waals surface area contributed by atoms with Crippen LogP contribution in [0.5, 0.6) is 0 Å². The number of nitrogens with zero attached hydrogens (tertiary/aromatic N) is 3. The second-order valence-corrected chi connectivity index (χ2v) is 6.33. The molecule has 9 heteroatoms. The molecule has 1 fully saturated rings. The Balaban J connectivity index is 2.13. The minimum atomic E-state index is -4.18. The van der Waals surface area contributed by atoms with Gasteiger partial charge in [0.15, 0.2) is 0 Å². The molecule has 1 saturated heterocycles. The van der Waals surface area contributed by atoms with Gasteiger partial charge in [-0.25, -0.2) is 0 Å². The van der Waals surface area contributed by atoms with Gasteiger partial charge in [-0.15, -0.1) is 0 Å². The quantitative estimate of drug-likeness (QED) is 0.582. The van der Waals surface area contributed by atoms with E-state index in [2.05, 4.69) is 9.44 Å². The van der Waals surface area contributed by atoms with Crippen LogP contribution < -0.4 is 0 Å². The van der Waals surface area contributed by atoms with Crippen molar-refractivity contribution in [3.63, 3.8) is 0 Å². The maximum atomic E-state index is 12.1. The molecule has 0 aliphatic carbocycles. The van der Waals surface area contributed by atoms with Crippen LogP contribution in [0.3, 0.4) is 0 Å². The lowest BCUT2D eigenvalue weighted by Gasteiger charge is -2.25. The van der Waals surface area contributed by atoms with Gasteiger partial charge in [-0.2, -0.15) is 13.7 Å². The topological polar surface area (TPSA) is 109 Å². The standard InChI is InChI=1S/C14H15N3O5S/c1-11-2-4-12(5-3-11)23(19,20)22-16-13(10-15)14(18)17-6-8-21-9-7-17/h2-5H,6-9H2,1H3/b16-13-. The number of hydrogen-bond donors (Lipinski definition) is 0. The van der Waals surface area contributed by atoms with Crippen LogP contribution in [0, 0.1) is 18.3 Å². The molecule has 0 atom stereocenters. The fourth-order valence-corrected chi connectivity index (χ4v) is 2.59. The fraction of sp³-hybridized carbons (Fsp3) is 0.357. The van der Waals surface area contributed by atoms with Gasteiger partial charge in [0.05, 0.1) is 13.2 Å². The molecule has 0 unspecified atom stereocenters. The molecule has 122 valence electrons. The molecule has 0 bridgehead atoms. The highest BCUT2D eigenvalue weighted by Gasteiger charge is 2.24.